The lowest BCUT2D eigenvalue weighted by molar-refractivity contribution is 0.426. The van der Waals surface area contributed by atoms with Crippen LogP contribution in [0.4, 0.5) is 5.82 Å². The summed E-state index contributed by atoms with van der Waals surface area (Å²) in [4.78, 5) is 0.109. The lowest BCUT2D eigenvalue weighted by Gasteiger charge is -2.20. The Morgan fingerprint density at radius 1 is 1.29 bits per heavy atom. The van der Waals surface area contributed by atoms with Crippen molar-refractivity contribution < 1.29 is 8.42 Å². The largest absolute Gasteiger partial charge is 0.381 e. The highest BCUT2D eigenvalue weighted by Gasteiger charge is 2.25. The second-order valence-corrected chi connectivity index (χ2v) is 7.49. The first-order chi connectivity index (χ1) is 10.0. The molecule has 1 aromatic rings. The molecule has 21 heavy (non-hydrogen) atoms. The first kappa shape index (κ1) is 16.3. The van der Waals surface area contributed by atoms with E-state index in [1.54, 1.807) is 4.68 Å². The normalized spacial score (nSPS) is 18.3. The summed E-state index contributed by atoms with van der Waals surface area (Å²) in [5, 5.41) is 4.07. The standard InChI is InChI=1S/C14H26N4O2S/c1-2-10-18-11-13(14(15)16-18)21(19,20)17-12-8-6-4-3-5-7-9-12/h11-12,17H,2-10H2,1H3,(H2,15,16). The van der Waals surface area contributed by atoms with Gasteiger partial charge in [-0.05, 0) is 19.3 Å². The molecule has 1 aromatic heterocycles. The van der Waals surface area contributed by atoms with Crippen LogP contribution in [0.3, 0.4) is 0 Å². The lowest BCUT2D eigenvalue weighted by Crippen LogP contribution is -2.35. The van der Waals surface area contributed by atoms with Gasteiger partial charge < -0.3 is 5.73 Å². The fraction of sp³-hybridized carbons (Fsp3) is 0.786. The quantitative estimate of drug-likeness (QED) is 0.872. The maximum Gasteiger partial charge on any atom is 0.246 e. The number of aryl methyl sites for hydroxylation is 1. The molecular weight excluding hydrogens is 288 g/mol. The van der Waals surface area contributed by atoms with Crippen LogP contribution in [0.15, 0.2) is 11.1 Å². The Balaban J connectivity index is 2.09. The zero-order valence-corrected chi connectivity index (χ0v) is 13.5. The molecule has 1 heterocycles. The van der Waals surface area contributed by atoms with E-state index < -0.39 is 10.0 Å². The van der Waals surface area contributed by atoms with Crippen LogP contribution in [-0.4, -0.2) is 24.2 Å². The average molecular weight is 314 g/mol. The van der Waals surface area contributed by atoms with E-state index >= 15 is 0 Å². The first-order valence-electron chi connectivity index (χ1n) is 7.88. The van der Waals surface area contributed by atoms with Crippen LogP contribution in [0.5, 0.6) is 0 Å². The van der Waals surface area contributed by atoms with Crippen LogP contribution in [-0.2, 0) is 16.6 Å². The molecule has 0 spiro atoms. The minimum absolute atomic E-state index is 0.0178. The number of nitrogens with one attached hydrogen (secondary N) is 1. The van der Waals surface area contributed by atoms with Crippen LogP contribution in [0, 0.1) is 0 Å². The molecule has 0 saturated heterocycles. The van der Waals surface area contributed by atoms with Crippen LogP contribution in [0.1, 0.15) is 58.3 Å². The number of sulfonamides is 1. The molecule has 1 aliphatic carbocycles. The van der Waals surface area contributed by atoms with E-state index in [4.69, 9.17) is 5.73 Å². The number of nitrogen functional groups attached to an aromatic ring is 1. The number of aromatic nitrogens is 2. The van der Waals surface area contributed by atoms with E-state index in [1.807, 2.05) is 6.92 Å². The number of nitrogens with two attached hydrogens (primary N) is 1. The third-order valence-electron chi connectivity index (χ3n) is 3.92. The van der Waals surface area contributed by atoms with Gasteiger partial charge in [0.1, 0.15) is 4.90 Å². The van der Waals surface area contributed by atoms with Gasteiger partial charge >= 0.3 is 0 Å². The lowest BCUT2D eigenvalue weighted by atomic mass is 9.97. The summed E-state index contributed by atoms with van der Waals surface area (Å²) in [6, 6.07) is 0.0178. The van der Waals surface area contributed by atoms with Crippen molar-refractivity contribution in [2.24, 2.45) is 0 Å². The second kappa shape index (κ2) is 7.26. The predicted molar refractivity (Wildman–Crippen MR) is 83.4 cm³/mol. The highest BCUT2D eigenvalue weighted by molar-refractivity contribution is 7.89. The van der Waals surface area contributed by atoms with Gasteiger partial charge in [0.05, 0.1) is 0 Å². The summed E-state index contributed by atoms with van der Waals surface area (Å²) < 4.78 is 29.4. The van der Waals surface area contributed by atoms with Crippen LogP contribution < -0.4 is 10.5 Å². The zero-order chi connectivity index (χ0) is 15.3. The smallest absolute Gasteiger partial charge is 0.246 e. The fourth-order valence-electron chi connectivity index (χ4n) is 2.83. The van der Waals surface area contributed by atoms with Crippen molar-refractivity contribution in [2.75, 3.05) is 5.73 Å². The van der Waals surface area contributed by atoms with E-state index in [0.29, 0.717) is 6.54 Å². The molecule has 0 bridgehead atoms. The number of anilines is 1. The van der Waals surface area contributed by atoms with E-state index in [1.165, 1.54) is 25.5 Å². The Labute approximate surface area is 127 Å². The zero-order valence-electron chi connectivity index (χ0n) is 12.7. The Hall–Kier alpha value is -1.08. The predicted octanol–water partition coefficient (Wildman–Crippen LogP) is 2.27. The Morgan fingerprint density at radius 3 is 2.52 bits per heavy atom. The highest BCUT2D eigenvalue weighted by atomic mass is 32.2. The Morgan fingerprint density at radius 2 is 1.90 bits per heavy atom. The molecule has 0 radical (unpaired) electrons. The van der Waals surface area contributed by atoms with Gasteiger partial charge in [-0.3, -0.25) is 4.68 Å². The summed E-state index contributed by atoms with van der Waals surface area (Å²) in [5.74, 6) is 0.0850. The van der Waals surface area contributed by atoms with Crippen molar-refractivity contribution in [2.45, 2.75) is 75.8 Å². The van der Waals surface area contributed by atoms with Crippen molar-refractivity contribution in [3.05, 3.63) is 6.20 Å². The Bertz CT molecular complexity index is 545. The second-order valence-electron chi connectivity index (χ2n) is 5.80. The maximum absolute atomic E-state index is 12.5. The Kier molecular flexibility index (Phi) is 5.64. The molecular formula is C14H26N4O2S. The average Bonchev–Trinajstić information content (AvgIpc) is 2.75. The summed E-state index contributed by atoms with van der Waals surface area (Å²) in [6.45, 7) is 2.68. The van der Waals surface area contributed by atoms with Crippen molar-refractivity contribution in [3.8, 4) is 0 Å². The molecule has 0 unspecified atom stereocenters. The molecule has 0 aliphatic heterocycles. The molecule has 6 nitrogen and oxygen atoms in total. The topological polar surface area (TPSA) is 90.0 Å². The van der Waals surface area contributed by atoms with Crippen molar-refractivity contribution in [1.29, 1.82) is 0 Å². The van der Waals surface area contributed by atoms with Gasteiger partial charge in [0, 0.05) is 18.8 Å². The van der Waals surface area contributed by atoms with E-state index in [2.05, 4.69) is 9.82 Å². The van der Waals surface area contributed by atoms with E-state index in [9.17, 15) is 8.42 Å². The van der Waals surface area contributed by atoms with Crippen molar-refractivity contribution >= 4 is 15.8 Å². The van der Waals surface area contributed by atoms with Gasteiger partial charge in [-0.1, -0.05) is 39.0 Å². The fourth-order valence-corrected chi connectivity index (χ4v) is 4.20. The molecule has 0 aromatic carbocycles. The molecule has 0 amide bonds. The third-order valence-corrected chi connectivity index (χ3v) is 5.46. The summed E-state index contributed by atoms with van der Waals surface area (Å²) in [6.07, 6.45) is 10.0. The SMILES string of the molecule is CCCn1cc(S(=O)(=O)NC2CCCCCCC2)c(N)n1. The van der Waals surface area contributed by atoms with Crippen molar-refractivity contribution in [3.63, 3.8) is 0 Å². The van der Waals surface area contributed by atoms with Gasteiger partial charge in [-0.25, -0.2) is 13.1 Å². The summed E-state index contributed by atoms with van der Waals surface area (Å²) in [7, 11) is -3.57. The van der Waals surface area contributed by atoms with Gasteiger partial charge in [-0.2, -0.15) is 5.10 Å². The van der Waals surface area contributed by atoms with Gasteiger partial charge in [0.25, 0.3) is 0 Å². The molecule has 7 heteroatoms. The number of hydrogen-bond acceptors (Lipinski definition) is 4. The molecule has 2 rings (SSSR count). The maximum atomic E-state index is 12.5. The number of hydrogen-bond donors (Lipinski definition) is 2. The number of nitrogens with zero attached hydrogens (tertiary/aromatic N) is 2. The summed E-state index contributed by atoms with van der Waals surface area (Å²) in [5.41, 5.74) is 5.77. The van der Waals surface area contributed by atoms with E-state index in [0.717, 1.165) is 32.1 Å². The number of rotatable bonds is 5. The minimum Gasteiger partial charge on any atom is -0.381 e. The minimum atomic E-state index is -3.57. The van der Waals surface area contributed by atoms with Crippen LogP contribution in [0.2, 0.25) is 0 Å². The molecule has 1 saturated carbocycles. The molecule has 3 N–H and O–H groups in total. The molecule has 0 atom stereocenters. The van der Waals surface area contributed by atoms with Gasteiger partial charge in [-0.15, -0.1) is 0 Å². The monoisotopic (exact) mass is 314 g/mol. The highest BCUT2D eigenvalue weighted by Crippen LogP contribution is 2.21. The van der Waals surface area contributed by atoms with Gasteiger partial charge in [0.15, 0.2) is 5.82 Å². The first-order valence-corrected chi connectivity index (χ1v) is 9.36. The van der Waals surface area contributed by atoms with E-state index in [-0.39, 0.29) is 16.8 Å². The van der Waals surface area contributed by atoms with Crippen LogP contribution >= 0.6 is 0 Å². The van der Waals surface area contributed by atoms with Crippen molar-refractivity contribution in [1.82, 2.24) is 14.5 Å². The third kappa shape index (κ3) is 4.44. The summed E-state index contributed by atoms with van der Waals surface area (Å²) >= 11 is 0. The van der Waals surface area contributed by atoms with Gasteiger partial charge in [0.2, 0.25) is 10.0 Å². The molecule has 1 fully saturated rings. The molecule has 120 valence electrons. The molecule has 1 aliphatic rings. The van der Waals surface area contributed by atoms with Crippen LogP contribution in [0.25, 0.3) is 0 Å².